The largest absolute Gasteiger partial charge is 0.462 e. The maximum atomic E-state index is 12.4. The molecule has 3 aromatic heterocycles. The SMILES string of the molecule is CCOC(=O)c1c(=N)nc2[nH]c(N)c(C(=O)OCC)c3[nH]c(SC)nc1c23. The van der Waals surface area contributed by atoms with Crippen LogP contribution in [0.25, 0.3) is 22.1 Å². The van der Waals surface area contributed by atoms with Crippen LogP contribution in [0.2, 0.25) is 0 Å². The van der Waals surface area contributed by atoms with Crippen LogP contribution in [0.4, 0.5) is 5.82 Å². The summed E-state index contributed by atoms with van der Waals surface area (Å²) in [6, 6.07) is 0. The van der Waals surface area contributed by atoms with E-state index < -0.39 is 11.9 Å². The molecular formula is C16H18N6O4S. The number of nitrogens with zero attached hydrogens (tertiary/aromatic N) is 2. The van der Waals surface area contributed by atoms with Crippen molar-refractivity contribution < 1.29 is 19.1 Å². The number of esters is 2. The Kier molecular flexibility index (Phi) is 5.04. The first-order valence-corrected chi connectivity index (χ1v) is 9.33. The minimum Gasteiger partial charge on any atom is -0.462 e. The number of hydrogen-bond acceptors (Lipinski definition) is 9. The number of nitrogens with one attached hydrogen (secondary N) is 3. The number of aromatic amines is 2. The predicted octanol–water partition coefficient (Wildman–Crippen LogP) is 1.58. The van der Waals surface area contributed by atoms with Crippen LogP contribution >= 0.6 is 11.8 Å². The minimum atomic E-state index is -0.710. The highest BCUT2D eigenvalue weighted by molar-refractivity contribution is 7.98. The van der Waals surface area contributed by atoms with E-state index >= 15 is 0 Å². The van der Waals surface area contributed by atoms with Crippen molar-refractivity contribution in [2.45, 2.75) is 19.0 Å². The summed E-state index contributed by atoms with van der Waals surface area (Å²) in [6.45, 7) is 3.66. The van der Waals surface area contributed by atoms with Gasteiger partial charge in [0.05, 0.1) is 29.6 Å². The number of nitrogens with two attached hydrogens (primary N) is 1. The Morgan fingerprint density at radius 2 is 1.74 bits per heavy atom. The van der Waals surface area contributed by atoms with E-state index in [4.69, 9.17) is 20.6 Å². The van der Waals surface area contributed by atoms with Gasteiger partial charge in [0.15, 0.2) is 10.6 Å². The first kappa shape index (κ1) is 18.7. The van der Waals surface area contributed by atoms with Gasteiger partial charge in [0.2, 0.25) is 0 Å². The molecule has 0 saturated carbocycles. The number of carbonyl (C=O) groups excluding carboxylic acids is 2. The first-order chi connectivity index (χ1) is 12.9. The van der Waals surface area contributed by atoms with E-state index in [1.54, 1.807) is 20.1 Å². The molecule has 27 heavy (non-hydrogen) atoms. The smallest absolute Gasteiger partial charge is 0.344 e. The second-order valence-corrected chi connectivity index (χ2v) is 6.18. The molecule has 0 bridgehead atoms. The molecule has 0 unspecified atom stereocenters. The fourth-order valence-corrected chi connectivity index (χ4v) is 3.12. The van der Waals surface area contributed by atoms with Gasteiger partial charge in [-0.1, -0.05) is 11.8 Å². The lowest BCUT2D eigenvalue weighted by molar-refractivity contribution is 0.0518. The summed E-state index contributed by atoms with van der Waals surface area (Å²) in [4.78, 5) is 39.2. The van der Waals surface area contributed by atoms with Crippen LogP contribution in [0.5, 0.6) is 0 Å². The van der Waals surface area contributed by atoms with Crippen LogP contribution in [0.15, 0.2) is 5.16 Å². The highest BCUT2D eigenvalue weighted by Crippen LogP contribution is 2.30. The number of pyridine rings is 2. The standard InChI is InChI=1S/C16H18N6O4S/c1-4-25-14(23)7-9-6-10(20-16(19-9)27-3)8(15(24)26-5-2)12(18)22-13(6)21-11(7)17/h4-5H2,1-3H3,(H,19,20)(H4,17,18,21,22). The molecule has 10 nitrogen and oxygen atoms in total. The summed E-state index contributed by atoms with van der Waals surface area (Å²) >= 11 is 1.27. The molecule has 0 aliphatic rings. The average Bonchev–Trinajstić information content (AvgIpc) is 2.61. The Morgan fingerprint density at radius 1 is 1.11 bits per heavy atom. The van der Waals surface area contributed by atoms with Crippen molar-refractivity contribution in [3.8, 4) is 0 Å². The molecule has 11 heteroatoms. The molecular weight excluding hydrogens is 372 g/mol. The Labute approximate surface area is 157 Å². The average molecular weight is 390 g/mol. The molecule has 142 valence electrons. The summed E-state index contributed by atoms with van der Waals surface area (Å²) in [6.07, 6.45) is 1.78. The monoisotopic (exact) mass is 390 g/mol. The normalized spacial score (nSPS) is 11.1. The highest BCUT2D eigenvalue weighted by atomic mass is 32.2. The van der Waals surface area contributed by atoms with Crippen molar-refractivity contribution >= 4 is 51.6 Å². The van der Waals surface area contributed by atoms with E-state index in [1.807, 2.05) is 0 Å². The number of anilines is 1. The third-order valence-corrected chi connectivity index (χ3v) is 4.37. The maximum absolute atomic E-state index is 12.4. The van der Waals surface area contributed by atoms with Gasteiger partial charge in [0.25, 0.3) is 0 Å². The molecule has 3 aromatic rings. The zero-order chi connectivity index (χ0) is 19.7. The topological polar surface area (TPSA) is 160 Å². The number of thioether (sulfide) groups is 1. The molecule has 0 fully saturated rings. The molecule has 0 atom stereocenters. The molecule has 0 amide bonds. The van der Waals surface area contributed by atoms with Gasteiger partial charge in [-0.15, -0.1) is 0 Å². The number of aromatic nitrogens is 4. The van der Waals surface area contributed by atoms with Crippen molar-refractivity contribution in [2.24, 2.45) is 0 Å². The lowest BCUT2D eigenvalue weighted by Crippen LogP contribution is -2.23. The van der Waals surface area contributed by atoms with Crippen molar-refractivity contribution in [1.82, 2.24) is 19.9 Å². The third kappa shape index (κ3) is 3.10. The highest BCUT2D eigenvalue weighted by Gasteiger charge is 2.25. The number of rotatable bonds is 5. The van der Waals surface area contributed by atoms with Crippen molar-refractivity contribution in [3.05, 3.63) is 16.6 Å². The zero-order valence-corrected chi connectivity index (χ0v) is 15.7. The van der Waals surface area contributed by atoms with Crippen LogP contribution in [-0.2, 0) is 9.47 Å². The molecule has 0 aliphatic heterocycles. The number of H-pyrrole nitrogens is 2. The van der Waals surface area contributed by atoms with Gasteiger partial charge in [-0.3, -0.25) is 5.41 Å². The van der Waals surface area contributed by atoms with E-state index in [2.05, 4.69) is 19.9 Å². The molecule has 0 aliphatic carbocycles. The molecule has 0 spiro atoms. The number of ether oxygens (including phenoxy) is 2. The molecule has 0 aromatic carbocycles. The Morgan fingerprint density at radius 3 is 2.33 bits per heavy atom. The van der Waals surface area contributed by atoms with Crippen molar-refractivity contribution in [3.63, 3.8) is 0 Å². The molecule has 0 saturated heterocycles. The summed E-state index contributed by atoms with van der Waals surface area (Å²) < 4.78 is 10.1. The van der Waals surface area contributed by atoms with Crippen LogP contribution in [0, 0.1) is 5.41 Å². The fraction of sp³-hybridized carbons (Fsp3) is 0.312. The zero-order valence-electron chi connectivity index (χ0n) is 14.9. The van der Waals surface area contributed by atoms with Crippen LogP contribution < -0.4 is 11.2 Å². The van der Waals surface area contributed by atoms with E-state index in [1.165, 1.54) is 11.8 Å². The lowest BCUT2D eigenvalue weighted by Gasteiger charge is -2.15. The Hall–Kier alpha value is -3.08. The lowest BCUT2D eigenvalue weighted by atomic mass is 10.1. The molecule has 0 radical (unpaired) electrons. The number of hydrogen-bond donors (Lipinski definition) is 4. The van der Waals surface area contributed by atoms with Gasteiger partial charge in [-0.05, 0) is 20.1 Å². The maximum Gasteiger partial charge on any atom is 0.344 e. The summed E-state index contributed by atoms with van der Waals surface area (Å²) in [5.74, 6) is -1.30. The summed E-state index contributed by atoms with van der Waals surface area (Å²) in [5.41, 5.74) is 6.47. The van der Waals surface area contributed by atoms with E-state index in [0.717, 1.165) is 0 Å². The minimum absolute atomic E-state index is 0.0348. The Balaban J connectivity index is 2.51. The second-order valence-electron chi connectivity index (χ2n) is 5.38. The van der Waals surface area contributed by atoms with Crippen LogP contribution in [0.3, 0.4) is 0 Å². The van der Waals surface area contributed by atoms with E-state index in [0.29, 0.717) is 16.1 Å². The van der Waals surface area contributed by atoms with Gasteiger partial charge in [0.1, 0.15) is 22.6 Å². The quantitative estimate of drug-likeness (QED) is 0.290. The van der Waals surface area contributed by atoms with Crippen LogP contribution in [0.1, 0.15) is 34.6 Å². The Bertz CT molecular complexity index is 1120. The van der Waals surface area contributed by atoms with Gasteiger partial charge in [0, 0.05) is 0 Å². The third-order valence-electron chi connectivity index (χ3n) is 3.79. The summed E-state index contributed by atoms with van der Waals surface area (Å²) in [5, 5.41) is 8.93. The fourth-order valence-electron chi connectivity index (χ4n) is 2.73. The molecule has 3 heterocycles. The summed E-state index contributed by atoms with van der Waals surface area (Å²) in [7, 11) is 0. The second kappa shape index (κ2) is 7.27. The number of nitrogen functional groups attached to an aromatic ring is 1. The van der Waals surface area contributed by atoms with E-state index in [-0.39, 0.29) is 46.8 Å². The van der Waals surface area contributed by atoms with Crippen LogP contribution in [-0.4, -0.2) is 51.3 Å². The van der Waals surface area contributed by atoms with E-state index in [9.17, 15) is 9.59 Å². The molecule has 5 N–H and O–H groups in total. The predicted molar refractivity (Wildman–Crippen MR) is 99.7 cm³/mol. The van der Waals surface area contributed by atoms with Gasteiger partial charge in [-0.2, -0.15) is 0 Å². The van der Waals surface area contributed by atoms with Gasteiger partial charge >= 0.3 is 11.9 Å². The van der Waals surface area contributed by atoms with Crippen molar-refractivity contribution in [1.29, 1.82) is 5.41 Å². The van der Waals surface area contributed by atoms with Gasteiger partial charge < -0.3 is 25.2 Å². The van der Waals surface area contributed by atoms with Gasteiger partial charge in [-0.25, -0.2) is 19.6 Å². The number of carbonyl (C=O) groups is 2. The molecule has 3 rings (SSSR count). The van der Waals surface area contributed by atoms with Crippen molar-refractivity contribution in [2.75, 3.05) is 25.2 Å². The first-order valence-electron chi connectivity index (χ1n) is 8.10.